The lowest BCUT2D eigenvalue weighted by molar-refractivity contribution is -0.145. The maximum atomic E-state index is 12.7. The molecule has 1 heterocycles. The highest BCUT2D eigenvalue weighted by Crippen LogP contribution is 2.36. The summed E-state index contributed by atoms with van der Waals surface area (Å²) in [5.74, 6) is -0.540. The largest absolute Gasteiger partial charge is 0.504 e. The summed E-state index contributed by atoms with van der Waals surface area (Å²) in [4.78, 5) is 25.8. The molecule has 6 nitrogen and oxygen atoms in total. The van der Waals surface area contributed by atoms with Gasteiger partial charge in [-0.05, 0) is 49.1 Å². The summed E-state index contributed by atoms with van der Waals surface area (Å²) in [6.45, 7) is 2.20. The van der Waals surface area contributed by atoms with Crippen LogP contribution in [0.1, 0.15) is 18.9 Å². The lowest BCUT2D eigenvalue weighted by Gasteiger charge is -2.22. The molecule has 0 aliphatic carbocycles. The molecule has 0 saturated carbocycles. The predicted molar refractivity (Wildman–Crippen MR) is 109 cm³/mol. The number of carbonyl (C=O) groups excluding carboxylic acids is 1. The standard InChI is InChI=1S/C17H19NO5S3/c1-3-23-13-8-10(4-5-12(13)19)9-14-15(20)18(17(24)26-14)11(16(21)22)6-7-25-2/h4-5,8-9,11,19H,3,6-7H2,1-2H3,(H,21,22)/b14-9+/t11-/m1/s1. The number of ether oxygens (including phenoxy) is 1. The fraction of sp³-hybridized carbons (Fsp3) is 0.353. The number of carboxylic acid groups (broad SMARTS) is 1. The Labute approximate surface area is 165 Å². The number of carboxylic acids is 1. The summed E-state index contributed by atoms with van der Waals surface area (Å²) >= 11 is 7.83. The molecule has 2 N–H and O–H groups in total. The van der Waals surface area contributed by atoms with E-state index < -0.39 is 17.9 Å². The van der Waals surface area contributed by atoms with E-state index in [9.17, 15) is 19.8 Å². The highest BCUT2D eigenvalue weighted by atomic mass is 32.2. The van der Waals surface area contributed by atoms with Gasteiger partial charge in [-0.3, -0.25) is 9.69 Å². The number of carbonyl (C=O) groups is 2. The van der Waals surface area contributed by atoms with Crippen molar-refractivity contribution in [2.75, 3.05) is 18.6 Å². The van der Waals surface area contributed by atoms with Gasteiger partial charge in [-0.1, -0.05) is 30.0 Å². The summed E-state index contributed by atoms with van der Waals surface area (Å²) in [5.41, 5.74) is 0.655. The molecule has 1 fully saturated rings. The number of rotatable bonds is 8. The van der Waals surface area contributed by atoms with Crippen molar-refractivity contribution in [1.29, 1.82) is 0 Å². The molecule has 26 heavy (non-hydrogen) atoms. The monoisotopic (exact) mass is 413 g/mol. The zero-order chi connectivity index (χ0) is 19.3. The molecule has 0 bridgehead atoms. The van der Waals surface area contributed by atoms with Crippen molar-refractivity contribution in [3.05, 3.63) is 28.7 Å². The first-order valence-electron chi connectivity index (χ1n) is 7.83. The molecule has 1 aromatic carbocycles. The molecule has 0 aromatic heterocycles. The Kier molecular flexibility index (Phi) is 7.36. The van der Waals surface area contributed by atoms with Crippen molar-refractivity contribution in [3.63, 3.8) is 0 Å². The van der Waals surface area contributed by atoms with E-state index in [1.54, 1.807) is 25.1 Å². The van der Waals surface area contributed by atoms with Crippen molar-refractivity contribution in [3.8, 4) is 11.5 Å². The van der Waals surface area contributed by atoms with Gasteiger partial charge in [-0.15, -0.1) is 0 Å². The molecule has 1 amide bonds. The van der Waals surface area contributed by atoms with Crippen LogP contribution < -0.4 is 4.74 Å². The number of hydrogen-bond donors (Lipinski definition) is 2. The number of phenols is 1. The number of thioether (sulfide) groups is 2. The molecule has 0 spiro atoms. The second-order valence-corrected chi connectivity index (χ2v) is 8.01. The first-order chi connectivity index (χ1) is 12.4. The highest BCUT2D eigenvalue weighted by Gasteiger charge is 2.40. The summed E-state index contributed by atoms with van der Waals surface area (Å²) in [7, 11) is 0. The maximum absolute atomic E-state index is 12.7. The van der Waals surface area contributed by atoms with Crippen LogP contribution in [-0.2, 0) is 9.59 Å². The summed E-state index contributed by atoms with van der Waals surface area (Å²) in [5, 5.41) is 19.2. The van der Waals surface area contributed by atoms with E-state index in [1.807, 2.05) is 6.26 Å². The Morgan fingerprint density at radius 2 is 2.23 bits per heavy atom. The van der Waals surface area contributed by atoms with Gasteiger partial charge in [-0.2, -0.15) is 11.8 Å². The summed E-state index contributed by atoms with van der Waals surface area (Å²) in [6, 6.07) is 3.77. The minimum absolute atomic E-state index is 0.0135. The van der Waals surface area contributed by atoms with Crippen LogP contribution in [0, 0.1) is 0 Å². The number of phenolic OH excluding ortho intramolecular Hbond substituents is 1. The molecular weight excluding hydrogens is 394 g/mol. The molecule has 140 valence electrons. The number of thiocarbonyl (C=S) groups is 1. The van der Waals surface area contributed by atoms with Crippen molar-refractivity contribution in [2.45, 2.75) is 19.4 Å². The number of nitrogens with zero attached hydrogens (tertiary/aromatic N) is 1. The molecule has 1 aromatic rings. The molecule has 1 saturated heterocycles. The lowest BCUT2D eigenvalue weighted by atomic mass is 10.1. The molecule has 2 rings (SSSR count). The van der Waals surface area contributed by atoms with Crippen LogP contribution in [0.4, 0.5) is 0 Å². The quantitative estimate of drug-likeness (QED) is 0.496. The van der Waals surface area contributed by atoms with Crippen LogP contribution in [0.2, 0.25) is 0 Å². The minimum atomic E-state index is -1.07. The lowest BCUT2D eigenvalue weighted by Crippen LogP contribution is -2.44. The van der Waals surface area contributed by atoms with Crippen molar-refractivity contribution >= 4 is 58.0 Å². The first kappa shape index (κ1) is 20.6. The Morgan fingerprint density at radius 3 is 2.85 bits per heavy atom. The Balaban J connectivity index is 2.28. The van der Waals surface area contributed by atoms with E-state index in [1.165, 1.54) is 22.7 Å². The van der Waals surface area contributed by atoms with Gasteiger partial charge in [0, 0.05) is 0 Å². The molecule has 1 aliphatic rings. The van der Waals surface area contributed by atoms with E-state index in [0.717, 1.165) is 11.8 Å². The zero-order valence-electron chi connectivity index (χ0n) is 14.3. The van der Waals surface area contributed by atoms with Gasteiger partial charge < -0.3 is 14.9 Å². The van der Waals surface area contributed by atoms with E-state index in [4.69, 9.17) is 17.0 Å². The third-order valence-corrected chi connectivity index (χ3v) is 5.57. The van der Waals surface area contributed by atoms with Gasteiger partial charge in [0.1, 0.15) is 10.4 Å². The van der Waals surface area contributed by atoms with Crippen LogP contribution in [0.5, 0.6) is 11.5 Å². The number of aliphatic carboxylic acids is 1. The van der Waals surface area contributed by atoms with Crippen molar-refractivity contribution in [2.24, 2.45) is 0 Å². The summed E-state index contributed by atoms with van der Waals surface area (Å²) in [6.07, 6.45) is 3.82. The van der Waals surface area contributed by atoms with Crippen molar-refractivity contribution < 1.29 is 24.5 Å². The van der Waals surface area contributed by atoms with E-state index in [-0.39, 0.29) is 10.1 Å². The van der Waals surface area contributed by atoms with Gasteiger partial charge in [0.2, 0.25) is 0 Å². The minimum Gasteiger partial charge on any atom is -0.504 e. The topological polar surface area (TPSA) is 87.1 Å². The predicted octanol–water partition coefficient (Wildman–Crippen LogP) is 3.20. The molecule has 1 atom stereocenters. The van der Waals surface area contributed by atoms with E-state index in [2.05, 4.69) is 0 Å². The third-order valence-electron chi connectivity index (χ3n) is 3.60. The van der Waals surface area contributed by atoms with Gasteiger partial charge >= 0.3 is 5.97 Å². The number of hydrogen-bond acceptors (Lipinski definition) is 7. The van der Waals surface area contributed by atoms with E-state index in [0.29, 0.717) is 35.0 Å². The second-order valence-electron chi connectivity index (χ2n) is 5.35. The van der Waals surface area contributed by atoms with Crippen LogP contribution in [0.3, 0.4) is 0 Å². The Morgan fingerprint density at radius 1 is 1.50 bits per heavy atom. The average Bonchev–Trinajstić information content (AvgIpc) is 2.86. The first-order valence-corrected chi connectivity index (χ1v) is 10.5. The summed E-state index contributed by atoms with van der Waals surface area (Å²) < 4.78 is 5.57. The van der Waals surface area contributed by atoms with Crippen LogP contribution in [0.25, 0.3) is 6.08 Å². The van der Waals surface area contributed by atoms with Gasteiger partial charge in [-0.25, -0.2) is 4.79 Å². The normalized spacial score (nSPS) is 17.0. The zero-order valence-corrected chi connectivity index (χ0v) is 16.7. The van der Waals surface area contributed by atoms with Gasteiger partial charge in [0.25, 0.3) is 5.91 Å². The smallest absolute Gasteiger partial charge is 0.326 e. The van der Waals surface area contributed by atoms with Crippen LogP contribution in [-0.4, -0.2) is 56.0 Å². The van der Waals surface area contributed by atoms with Gasteiger partial charge in [0.15, 0.2) is 11.5 Å². The van der Waals surface area contributed by atoms with Crippen LogP contribution in [0.15, 0.2) is 23.1 Å². The molecule has 0 radical (unpaired) electrons. The Bertz CT molecular complexity index is 750. The van der Waals surface area contributed by atoms with Gasteiger partial charge in [0.05, 0.1) is 11.5 Å². The average molecular weight is 414 g/mol. The van der Waals surface area contributed by atoms with Crippen LogP contribution >= 0.6 is 35.7 Å². The molecule has 1 aliphatic heterocycles. The Hall–Kier alpha value is -1.71. The SMILES string of the molecule is CCOc1cc(/C=C2/SC(=S)N([C@H](CCSC)C(=O)O)C2=O)ccc1O. The fourth-order valence-corrected chi connectivity index (χ4v) is 4.20. The number of amides is 1. The third kappa shape index (κ3) is 4.72. The number of benzene rings is 1. The van der Waals surface area contributed by atoms with Crippen molar-refractivity contribution in [1.82, 2.24) is 4.90 Å². The molecule has 9 heteroatoms. The second kappa shape index (κ2) is 9.29. The number of aromatic hydroxyl groups is 1. The fourth-order valence-electron chi connectivity index (χ4n) is 2.38. The maximum Gasteiger partial charge on any atom is 0.326 e. The highest BCUT2D eigenvalue weighted by molar-refractivity contribution is 8.26. The van der Waals surface area contributed by atoms with E-state index >= 15 is 0 Å². The molecular formula is C17H19NO5S3. The molecule has 0 unspecified atom stereocenters.